The monoisotopic (exact) mass is 159 g/mol. The van der Waals surface area contributed by atoms with Crippen LogP contribution >= 0.6 is 0 Å². The Labute approximate surface area is 64.7 Å². The van der Waals surface area contributed by atoms with Gasteiger partial charge in [-0.2, -0.15) is 9.65 Å². The molecule has 1 fully saturated rings. The Hall–Kier alpha value is -0.660. The van der Waals surface area contributed by atoms with Crippen LogP contribution in [0.2, 0.25) is 0 Å². The molecule has 0 aromatic heterocycles. The topological polar surface area (TPSA) is 42.2 Å². The fraction of sp³-hybridized carbons (Fsp3) is 0.857. The summed E-state index contributed by atoms with van der Waals surface area (Å²) in [6.45, 7) is 0.754. The number of nitrogens with zero attached hydrogens (tertiary/aromatic N) is 1. The van der Waals surface area contributed by atoms with Gasteiger partial charge < -0.3 is 9.47 Å². The van der Waals surface area contributed by atoms with Gasteiger partial charge in [-0.15, -0.1) is 0 Å². The van der Waals surface area contributed by atoms with Crippen molar-refractivity contribution in [3.8, 4) is 6.07 Å². The van der Waals surface area contributed by atoms with Crippen molar-refractivity contribution in [1.29, 1.82) is 5.26 Å². The lowest BCUT2D eigenvalue weighted by atomic mass is 10.3. The third-order valence-electron chi connectivity index (χ3n) is 1.46. The Balaban J connectivity index is 2.32. The van der Waals surface area contributed by atoms with Crippen LogP contribution in [0.5, 0.6) is 0 Å². The second-order valence-corrected chi connectivity index (χ2v) is 2.37. The Bertz CT molecular complexity index is 160. The largest absolute Gasteiger partial charge is 0.324 e. The highest BCUT2D eigenvalue weighted by Crippen LogP contribution is 2.25. The van der Waals surface area contributed by atoms with Crippen molar-refractivity contribution in [3.05, 3.63) is 0 Å². The second kappa shape index (κ2) is 3.65. The lowest BCUT2D eigenvalue weighted by molar-refractivity contribution is -0.342. The van der Waals surface area contributed by atoms with Gasteiger partial charge in [0.15, 0.2) is 0 Å². The van der Waals surface area contributed by atoms with Crippen molar-refractivity contribution in [1.82, 2.24) is 0 Å². The molecule has 0 radical (unpaired) electrons. The Morgan fingerprint density at radius 3 is 2.64 bits per heavy atom. The maximum absolute atomic E-state index is 13.2. The third kappa shape index (κ3) is 2.45. The van der Waals surface area contributed by atoms with E-state index in [9.17, 15) is 4.39 Å². The molecule has 0 atom stereocenters. The van der Waals surface area contributed by atoms with E-state index in [1.54, 1.807) is 0 Å². The molecule has 1 saturated heterocycles. The summed E-state index contributed by atoms with van der Waals surface area (Å²) in [6, 6.07) is -0.152. The minimum absolute atomic E-state index is 0.00347. The van der Waals surface area contributed by atoms with Crippen LogP contribution in [0.15, 0.2) is 0 Å². The van der Waals surface area contributed by atoms with Crippen molar-refractivity contribution >= 4 is 0 Å². The van der Waals surface area contributed by atoms with Crippen LogP contribution in [-0.2, 0) is 9.47 Å². The van der Waals surface area contributed by atoms with E-state index < -0.39 is 6.04 Å². The summed E-state index contributed by atoms with van der Waals surface area (Å²) < 4.78 is 22.6. The molecule has 0 N–H and O–H groups in total. The summed E-state index contributed by atoms with van der Waals surface area (Å²) in [5.41, 5.74) is 0. The minimum Gasteiger partial charge on any atom is -0.324 e. The molecule has 0 unspecified atom stereocenters. The second-order valence-electron chi connectivity index (χ2n) is 2.37. The fourth-order valence-corrected chi connectivity index (χ4v) is 0.899. The van der Waals surface area contributed by atoms with Crippen LogP contribution in [-0.4, -0.2) is 19.3 Å². The van der Waals surface area contributed by atoms with Crippen LogP contribution in [0.25, 0.3) is 0 Å². The van der Waals surface area contributed by atoms with E-state index in [-0.39, 0.29) is 12.8 Å². The number of halogens is 1. The average Bonchev–Trinajstić information content (AvgIpc) is 2.03. The molecule has 1 rings (SSSR count). The normalized spacial score (nSPS) is 22.5. The van der Waals surface area contributed by atoms with E-state index in [2.05, 4.69) is 0 Å². The zero-order chi connectivity index (χ0) is 8.16. The molecule has 0 amide bonds. The van der Waals surface area contributed by atoms with E-state index in [0.717, 1.165) is 6.42 Å². The number of alkyl halides is 1. The number of hydrogen-bond acceptors (Lipinski definition) is 3. The highest BCUT2D eigenvalue weighted by molar-refractivity contribution is 4.73. The van der Waals surface area contributed by atoms with Gasteiger partial charge >= 0.3 is 6.04 Å². The summed E-state index contributed by atoms with van der Waals surface area (Å²) in [7, 11) is 0. The fourth-order valence-electron chi connectivity index (χ4n) is 0.899. The predicted molar refractivity (Wildman–Crippen MR) is 35.2 cm³/mol. The van der Waals surface area contributed by atoms with Crippen molar-refractivity contribution in [2.24, 2.45) is 0 Å². The van der Waals surface area contributed by atoms with E-state index in [1.165, 1.54) is 0 Å². The molecule has 0 saturated carbocycles. The molecule has 3 nitrogen and oxygen atoms in total. The number of nitriles is 1. The summed E-state index contributed by atoms with van der Waals surface area (Å²) in [5.74, 6) is 0. The number of rotatable bonds is 2. The maximum Gasteiger partial charge on any atom is 0.321 e. The van der Waals surface area contributed by atoms with Crippen molar-refractivity contribution in [3.63, 3.8) is 0 Å². The maximum atomic E-state index is 13.2. The highest BCUT2D eigenvalue weighted by Gasteiger charge is 2.33. The van der Waals surface area contributed by atoms with Gasteiger partial charge in [-0.3, -0.25) is 0 Å². The van der Waals surface area contributed by atoms with Gasteiger partial charge in [0.25, 0.3) is 0 Å². The molecule has 0 aromatic rings. The van der Waals surface area contributed by atoms with Crippen LogP contribution in [0, 0.1) is 11.3 Å². The molecule has 0 spiro atoms. The van der Waals surface area contributed by atoms with Crippen molar-refractivity contribution < 1.29 is 13.9 Å². The smallest absolute Gasteiger partial charge is 0.321 e. The van der Waals surface area contributed by atoms with Crippen molar-refractivity contribution in [2.45, 2.75) is 25.3 Å². The highest BCUT2D eigenvalue weighted by atomic mass is 19.2. The first-order valence-corrected chi connectivity index (χ1v) is 3.61. The summed E-state index contributed by atoms with van der Waals surface area (Å²) >= 11 is 0. The number of ether oxygens (including phenoxy) is 2. The Morgan fingerprint density at radius 2 is 2.09 bits per heavy atom. The van der Waals surface area contributed by atoms with Crippen LogP contribution in [0.1, 0.15) is 19.3 Å². The van der Waals surface area contributed by atoms with Crippen LogP contribution in [0.3, 0.4) is 0 Å². The molecule has 62 valence electrons. The molecule has 1 aliphatic heterocycles. The van der Waals surface area contributed by atoms with Gasteiger partial charge in [0.2, 0.25) is 0 Å². The van der Waals surface area contributed by atoms with Crippen LogP contribution < -0.4 is 0 Å². The molecule has 0 aromatic carbocycles. The molecule has 1 heterocycles. The first kappa shape index (κ1) is 8.44. The Kier molecular flexibility index (Phi) is 2.80. The molecule has 4 heteroatoms. The molecule has 0 aliphatic carbocycles. The molecular formula is C7H10FNO2. The lowest BCUT2D eigenvalue weighted by Crippen LogP contribution is -2.35. The quantitative estimate of drug-likeness (QED) is 0.610. The predicted octanol–water partition coefficient (Wildman–Crippen LogP) is 1.35. The lowest BCUT2D eigenvalue weighted by Gasteiger charge is -2.28. The standard InChI is InChI=1S/C7H10FNO2/c8-7(3-1-4-9)10-5-2-6-11-7/h1-3,5-6H2. The van der Waals surface area contributed by atoms with Gasteiger partial charge in [0.05, 0.1) is 19.3 Å². The minimum atomic E-state index is -1.99. The van der Waals surface area contributed by atoms with Gasteiger partial charge in [0, 0.05) is 12.8 Å². The van der Waals surface area contributed by atoms with E-state index in [4.69, 9.17) is 14.7 Å². The summed E-state index contributed by atoms with van der Waals surface area (Å²) in [4.78, 5) is 0. The van der Waals surface area contributed by atoms with E-state index in [1.807, 2.05) is 6.07 Å². The van der Waals surface area contributed by atoms with Gasteiger partial charge in [0.1, 0.15) is 0 Å². The number of hydrogen-bond donors (Lipinski definition) is 0. The zero-order valence-corrected chi connectivity index (χ0v) is 6.18. The summed E-state index contributed by atoms with van der Waals surface area (Å²) in [5, 5.41) is 8.18. The van der Waals surface area contributed by atoms with E-state index in [0.29, 0.717) is 13.2 Å². The van der Waals surface area contributed by atoms with E-state index >= 15 is 0 Å². The van der Waals surface area contributed by atoms with Crippen LogP contribution in [0.4, 0.5) is 4.39 Å². The van der Waals surface area contributed by atoms with Gasteiger partial charge in [-0.1, -0.05) is 0 Å². The Morgan fingerprint density at radius 1 is 1.45 bits per heavy atom. The first-order chi connectivity index (χ1) is 5.27. The van der Waals surface area contributed by atoms with Gasteiger partial charge in [-0.05, 0) is 6.42 Å². The molecule has 1 aliphatic rings. The molecular weight excluding hydrogens is 149 g/mol. The third-order valence-corrected chi connectivity index (χ3v) is 1.46. The first-order valence-electron chi connectivity index (χ1n) is 3.61. The SMILES string of the molecule is N#CCCC1(F)OCCCO1. The zero-order valence-electron chi connectivity index (χ0n) is 6.18. The van der Waals surface area contributed by atoms with Crippen molar-refractivity contribution in [2.75, 3.05) is 13.2 Å². The molecule has 11 heavy (non-hydrogen) atoms. The van der Waals surface area contributed by atoms with Gasteiger partial charge in [-0.25, -0.2) is 0 Å². The summed E-state index contributed by atoms with van der Waals surface area (Å²) in [6.07, 6.45) is 0.845. The average molecular weight is 159 g/mol. The molecule has 0 bridgehead atoms.